The van der Waals surface area contributed by atoms with Gasteiger partial charge in [0.25, 0.3) is 5.91 Å². The van der Waals surface area contributed by atoms with E-state index >= 15 is 0 Å². The molecule has 1 aliphatic heterocycles. The van der Waals surface area contributed by atoms with Crippen molar-refractivity contribution in [3.05, 3.63) is 65.4 Å². The van der Waals surface area contributed by atoms with E-state index in [1.807, 2.05) is 31.2 Å². The number of likely N-dealkylation sites (tertiary alicyclic amines) is 1. The molecule has 3 aromatic rings. The van der Waals surface area contributed by atoms with Crippen LogP contribution in [0.5, 0.6) is 11.6 Å². The van der Waals surface area contributed by atoms with E-state index in [-0.39, 0.29) is 11.9 Å². The van der Waals surface area contributed by atoms with Gasteiger partial charge in [0.2, 0.25) is 11.8 Å². The monoisotopic (exact) mass is 422 g/mol. The fourth-order valence-corrected chi connectivity index (χ4v) is 3.69. The van der Waals surface area contributed by atoms with E-state index in [1.165, 1.54) is 6.20 Å². The zero-order valence-corrected chi connectivity index (χ0v) is 17.8. The number of rotatable bonds is 7. The minimum Gasteiger partial charge on any atom is -0.493 e. The van der Waals surface area contributed by atoms with E-state index in [9.17, 15) is 4.79 Å². The number of benzene rings is 1. The lowest BCUT2D eigenvalue weighted by molar-refractivity contribution is 0.0561. The van der Waals surface area contributed by atoms with Gasteiger partial charge in [-0.2, -0.15) is 4.98 Å². The smallest absolute Gasteiger partial charge is 0.256 e. The highest BCUT2D eigenvalue weighted by Crippen LogP contribution is 2.31. The molecule has 8 nitrogen and oxygen atoms in total. The molecule has 0 saturated carbocycles. The van der Waals surface area contributed by atoms with Crippen LogP contribution in [-0.2, 0) is 6.42 Å². The van der Waals surface area contributed by atoms with Gasteiger partial charge in [-0.3, -0.25) is 4.79 Å². The maximum Gasteiger partial charge on any atom is 0.256 e. The van der Waals surface area contributed by atoms with Crippen molar-refractivity contribution >= 4 is 5.91 Å². The van der Waals surface area contributed by atoms with E-state index in [2.05, 4.69) is 15.1 Å². The van der Waals surface area contributed by atoms with E-state index < -0.39 is 0 Å². The van der Waals surface area contributed by atoms with Crippen molar-refractivity contribution in [3.8, 4) is 11.6 Å². The number of pyridine rings is 1. The maximum absolute atomic E-state index is 13.1. The lowest BCUT2D eigenvalue weighted by Crippen LogP contribution is -2.38. The van der Waals surface area contributed by atoms with E-state index in [4.69, 9.17) is 14.0 Å². The van der Waals surface area contributed by atoms with Crippen molar-refractivity contribution in [2.24, 2.45) is 0 Å². The van der Waals surface area contributed by atoms with Crippen LogP contribution in [0.4, 0.5) is 0 Å². The zero-order valence-electron chi connectivity index (χ0n) is 17.8. The summed E-state index contributed by atoms with van der Waals surface area (Å²) in [5.41, 5.74) is 1.66. The Morgan fingerprint density at radius 3 is 2.94 bits per heavy atom. The van der Waals surface area contributed by atoms with E-state index in [1.54, 1.807) is 24.1 Å². The van der Waals surface area contributed by atoms with Crippen molar-refractivity contribution in [2.75, 3.05) is 20.3 Å². The van der Waals surface area contributed by atoms with Crippen molar-refractivity contribution in [3.63, 3.8) is 0 Å². The molecule has 0 radical (unpaired) electrons. The number of nitrogens with zero attached hydrogens (tertiary/aromatic N) is 4. The minimum absolute atomic E-state index is 0.0950. The van der Waals surface area contributed by atoms with E-state index in [0.717, 1.165) is 30.6 Å². The van der Waals surface area contributed by atoms with Crippen LogP contribution in [0, 0.1) is 6.92 Å². The molecule has 1 aliphatic rings. The highest BCUT2D eigenvalue weighted by atomic mass is 16.5. The summed E-state index contributed by atoms with van der Waals surface area (Å²) in [4.78, 5) is 23.6. The third-order valence-electron chi connectivity index (χ3n) is 5.31. The maximum atomic E-state index is 13.1. The van der Waals surface area contributed by atoms with Crippen LogP contribution in [0.3, 0.4) is 0 Å². The number of carbonyl (C=O) groups is 1. The molecule has 4 rings (SSSR count). The first-order valence-corrected chi connectivity index (χ1v) is 10.5. The molecule has 1 unspecified atom stereocenters. The predicted octanol–water partition coefficient (Wildman–Crippen LogP) is 3.77. The molecule has 0 aliphatic carbocycles. The Morgan fingerprint density at radius 1 is 1.26 bits per heavy atom. The zero-order chi connectivity index (χ0) is 21.6. The normalized spacial score (nSPS) is 16.2. The topological polar surface area (TPSA) is 90.6 Å². The number of amides is 1. The van der Waals surface area contributed by atoms with Crippen LogP contribution in [0.15, 0.2) is 47.1 Å². The summed E-state index contributed by atoms with van der Waals surface area (Å²) < 4.78 is 16.4. The van der Waals surface area contributed by atoms with Crippen LogP contribution in [-0.4, -0.2) is 46.2 Å². The van der Waals surface area contributed by atoms with Crippen LogP contribution in [0.25, 0.3) is 0 Å². The van der Waals surface area contributed by atoms with Gasteiger partial charge in [0.1, 0.15) is 11.8 Å². The molecule has 1 atom stereocenters. The van der Waals surface area contributed by atoms with Gasteiger partial charge >= 0.3 is 0 Å². The fraction of sp³-hybridized carbons (Fsp3) is 0.391. The van der Waals surface area contributed by atoms with Crippen LogP contribution >= 0.6 is 0 Å². The van der Waals surface area contributed by atoms with Crippen LogP contribution in [0.1, 0.15) is 52.9 Å². The molecule has 31 heavy (non-hydrogen) atoms. The van der Waals surface area contributed by atoms with Crippen molar-refractivity contribution in [1.29, 1.82) is 0 Å². The summed E-state index contributed by atoms with van der Waals surface area (Å²) in [5, 5.41) is 4.10. The molecular weight excluding hydrogens is 396 g/mol. The molecule has 1 saturated heterocycles. The molecule has 0 spiro atoms. The quantitative estimate of drug-likeness (QED) is 0.572. The number of aromatic nitrogens is 3. The molecule has 0 N–H and O–H groups in total. The highest BCUT2D eigenvalue weighted by molar-refractivity contribution is 5.94. The van der Waals surface area contributed by atoms with Gasteiger partial charge < -0.3 is 18.9 Å². The number of methoxy groups -OCH3 is 1. The molecule has 0 bridgehead atoms. The first-order chi connectivity index (χ1) is 15.1. The van der Waals surface area contributed by atoms with Crippen molar-refractivity contribution in [1.82, 2.24) is 20.0 Å². The molecule has 8 heteroatoms. The Hall–Kier alpha value is -3.42. The Bertz CT molecular complexity index is 1020. The Kier molecular flexibility index (Phi) is 6.45. The third kappa shape index (κ3) is 5.02. The summed E-state index contributed by atoms with van der Waals surface area (Å²) in [6.45, 7) is 3.12. The van der Waals surface area contributed by atoms with Crippen molar-refractivity contribution < 1.29 is 18.8 Å². The third-order valence-corrected chi connectivity index (χ3v) is 5.31. The predicted molar refractivity (Wildman–Crippen MR) is 113 cm³/mol. The number of aryl methyl sites for hydroxylation is 1. The molecule has 1 amide bonds. The average molecular weight is 422 g/mol. The van der Waals surface area contributed by atoms with Crippen LogP contribution < -0.4 is 9.47 Å². The van der Waals surface area contributed by atoms with Gasteiger partial charge in [-0.1, -0.05) is 17.3 Å². The van der Waals surface area contributed by atoms with Crippen LogP contribution in [0.2, 0.25) is 0 Å². The van der Waals surface area contributed by atoms with Crippen molar-refractivity contribution in [2.45, 2.75) is 38.6 Å². The van der Waals surface area contributed by atoms with Gasteiger partial charge in [0, 0.05) is 25.2 Å². The van der Waals surface area contributed by atoms with Gasteiger partial charge in [0.05, 0.1) is 19.3 Å². The number of hydrogen-bond donors (Lipinski definition) is 0. The van der Waals surface area contributed by atoms with Gasteiger partial charge in [-0.25, -0.2) is 4.98 Å². The van der Waals surface area contributed by atoms with E-state index in [0.29, 0.717) is 42.7 Å². The first kappa shape index (κ1) is 20.8. The SMILES string of the molecule is COc1ccc(C(=O)N2CCCCC2c2nc(CCOc3cccc(C)c3)no2)cn1. The summed E-state index contributed by atoms with van der Waals surface area (Å²) in [6.07, 6.45) is 4.80. The Balaban J connectivity index is 1.41. The minimum atomic E-state index is -0.234. The number of ether oxygens (including phenoxy) is 2. The second-order valence-corrected chi connectivity index (χ2v) is 7.56. The standard InChI is InChI=1S/C23H26N4O4/c1-16-6-5-7-18(14-16)30-13-11-20-25-22(31-26-20)19-8-3-4-12-27(19)23(28)17-9-10-21(29-2)24-15-17/h5-7,9-10,14-15,19H,3-4,8,11-13H2,1-2H3. The van der Waals surface area contributed by atoms with Gasteiger partial charge in [-0.05, 0) is 49.9 Å². The Morgan fingerprint density at radius 2 is 2.16 bits per heavy atom. The molecule has 1 fully saturated rings. The second-order valence-electron chi connectivity index (χ2n) is 7.56. The number of piperidine rings is 1. The molecule has 3 heterocycles. The number of carbonyl (C=O) groups excluding carboxylic acids is 1. The average Bonchev–Trinajstić information content (AvgIpc) is 3.27. The largest absolute Gasteiger partial charge is 0.493 e. The second kappa shape index (κ2) is 9.59. The lowest BCUT2D eigenvalue weighted by atomic mass is 10.0. The summed E-state index contributed by atoms with van der Waals surface area (Å²) in [7, 11) is 1.55. The molecule has 162 valence electrons. The first-order valence-electron chi connectivity index (χ1n) is 10.5. The summed E-state index contributed by atoms with van der Waals surface area (Å²) >= 11 is 0. The summed E-state index contributed by atoms with van der Waals surface area (Å²) in [6, 6.07) is 11.1. The fourth-order valence-electron chi connectivity index (χ4n) is 3.69. The molecule has 1 aromatic carbocycles. The van der Waals surface area contributed by atoms with Gasteiger partial charge in [0.15, 0.2) is 5.82 Å². The molecule has 2 aromatic heterocycles. The molecular formula is C23H26N4O4. The lowest BCUT2D eigenvalue weighted by Gasteiger charge is -2.33. The number of hydrogen-bond acceptors (Lipinski definition) is 7. The Labute approximate surface area is 181 Å². The summed E-state index contributed by atoms with van der Waals surface area (Å²) in [5.74, 6) is 2.25. The van der Waals surface area contributed by atoms with Gasteiger partial charge in [-0.15, -0.1) is 0 Å². The highest BCUT2D eigenvalue weighted by Gasteiger charge is 2.32.